The molecule has 8 heteroatoms. The molecule has 0 unspecified atom stereocenters. The Morgan fingerprint density at radius 2 is 1.91 bits per heavy atom. The summed E-state index contributed by atoms with van der Waals surface area (Å²) in [6.45, 7) is 5.51. The molecule has 0 radical (unpaired) electrons. The number of aromatic nitrogens is 2. The molecule has 0 saturated heterocycles. The van der Waals surface area contributed by atoms with E-state index in [1.165, 1.54) is 12.1 Å². The number of fused-ring (bicyclic) bond motifs is 3. The van der Waals surface area contributed by atoms with E-state index in [2.05, 4.69) is 0 Å². The first-order valence-electron chi connectivity index (χ1n) is 11.0. The van der Waals surface area contributed by atoms with Gasteiger partial charge in [-0.1, -0.05) is 17.7 Å². The predicted octanol–water partition coefficient (Wildman–Crippen LogP) is 4.81. The SMILES string of the molecule is CCOC(Cn1c(CN2C(=O)C3(CC3)c3ccc(F)cc32)nc2cc(Cl)ccc21)OCC. The van der Waals surface area contributed by atoms with Crippen molar-refractivity contribution >= 4 is 34.2 Å². The lowest BCUT2D eigenvalue weighted by atomic mass is 9.98. The molecule has 2 aliphatic rings. The third-order valence-electron chi connectivity index (χ3n) is 6.30. The summed E-state index contributed by atoms with van der Waals surface area (Å²) in [7, 11) is 0. The Morgan fingerprint density at radius 3 is 2.59 bits per heavy atom. The first kappa shape index (κ1) is 21.4. The highest BCUT2D eigenvalue weighted by atomic mass is 35.5. The largest absolute Gasteiger partial charge is 0.351 e. The van der Waals surface area contributed by atoms with Crippen LogP contribution < -0.4 is 4.90 Å². The van der Waals surface area contributed by atoms with Crippen LogP contribution in [0, 0.1) is 5.82 Å². The van der Waals surface area contributed by atoms with Gasteiger partial charge in [0.25, 0.3) is 0 Å². The van der Waals surface area contributed by atoms with Crippen LogP contribution in [0.15, 0.2) is 36.4 Å². The van der Waals surface area contributed by atoms with Crippen LogP contribution in [-0.2, 0) is 32.8 Å². The summed E-state index contributed by atoms with van der Waals surface area (Å²) in [6, 6.07) is 10.2. The third-order valence-corrected chi connectivity index (χ3v) is 6.53. The maximum absolute atomic E-state index is 14.1. The van der Waals surface area contributed by atoms with Crippen molar-refractivity contribution in [3.8, 4) is 0 Å². The maximum Gasteiger partial charge on any atom is 0.238 e. The lowest BCUT2D eigenvalue weighted by Gasteiger charge is -2.22. The van der Waals surface area contributed by atoms with Gasteiger partial charge in [-0.15, -0.1) is 0 Å². The van der Waals surface area contributed by atoms with Crippen molar-refractivity contribution in [1.82, 2.24) is 9.55 Å². The Kier molecular flexibility index (Phi) is 5.43. The number of anilines is 1. The van der Waals surface area contributed by atoms with Gasteiger partial charge in [0.1, 0.15) is 11.6 Å². The number of imidazole rings is 1. The average molecular weight is 458 g/mol. The number of ether oxygens (including phenoxy) is 2. The lowest BCUT2D eigenvalue weighted by Crippen LogP contribution is -2.33. The van der Waals surface area contributed by atoms with Crippen LogP contribution in [0.1, 0.15) is 38.1 Å². The minimum atomic E-state index is -0.498. The second-order valence-corrected chi connectivity index (χ2v) is 8.68. The number of rotatable bonds is 8. The van der Waals surface area contributed by atoms with E-state index < -0.39 is 11.7 Å². The van der Waals surface area contributed by atoms with Crippen molar-refractivity contribution < 1.29 is 18.7 Å². The van der Waals surface area contributed by atoms with Gasteiger partial charge in [-0.05, 0) is 62.6 Å². The highest BCUT2D eigenvalue weighted by molar-refractivity contribution is 6.31. The minimum Gasteiger partial charge on any atom is -0.351 e. The first-order valence-corrected chi connectivity index (χ1v) is 11.3. The van der Waals surface area contributed by atoms with Crippen molar-refractivity contribution in [3.63, 3.8) is 0 Å². The summed E-state index contributed by atoms with van der Waals surface area (Å²) in [6.07, 6.45) is 1.14. The fraction of sp³-hybridized carbons (Fsp3) is 0.417. The van der Waals surface area contributed by atoms with Crippen molar-refractivity contribution in [2.75, 3.05) is 18.1 Å². The summed E-state index contributed by atoms with van der Waals surface area (Å²) in [5.41, 5.74) is 2.65. The Balaban J connectivity index is 1.56. The van der Waals surface area contributed by atoms with Crippen LogP contribution >= 0.6 is 11.6 Å². The van der Waals surface area contributed by atoms with Gasteiger partial charge < -0.3 is 18.9 Å². The molecule has 0 bridgehead atoms. The second-order valence-electron chi connectivity index (χ2n) is 8.25. The van der Waals surface area contributed by atoms with E-state index in [0.717, 1.165) is 29.4 Å². The monoisotopic (exact) mass is 457 g/mol. The summed E-state index contributed by atoms with van der Waals surface area (Å²) < 4.78 is 27.6. The molecule has 2 aromatic carbocycles. The van der Waals surface area contributed by atoms with Gasteiger partial charge in [0.15, 0.2) is 6.29 Å². The van der Waals surface area contributed by atoms with Gasteiger partial charge in [0, 0.05) is 18.2 Å². The van der Waals surface area contributed by atoms with Gasteiger partial charge in [-0.3, -0.25) is 4.79 Å². The van der Waals surface area contributed by atoms with E-state index in [1.807, 2.05) is 30.5 Å². The van der Waals surface area contributed by atoms with Crippen LogP contribution in [0.3, 0.4) is 0 Å². The van der Waals surface area contributed by atoms with Gasteiger partial charge in [0.2, 0.25) is 5.91 Å². The molecule has 2 heterocycles. The van der Waals surface area contributed by atoms with E-state index >= 15 is 0 Å². The molecule has 1 saturated carbocycles. The van der Waals surface area contributed by atoms with E-state index in [9.17, 15) is 9.18 Å². The second kappa shape index (κ2) is 8.14. The lowest BCUT2D eigenvalue weighted by molar-refractivity contribution is -0.143. The molecule has 1 aromatic heterocycles. The van der Waals surface area contributed by atoms with E-state index in [4.69, 9.17) is 26.1 Å². The standard InChI is InChI=1S/C24H25ClFN3O3/c1-3-31-22(32-4-2)14-28-19-8-5-15(25)11-18(19)27-21(28)13-29-20-12-16(26)6-7-17(20)24(9-10-24)23(29)30/h5-8,11-12,22H,3-4,9-10,13-14H2,1-2H3. The number of hydrogen-bond donors (Lipinski definition) is 0. The smallest absolute Gasteiger partial charge is 0.238 e. The number of carbonyl (C=O) groups excluding carboxylic acids is 1. The molecule has 1 fully saturated rings. The van der Waals surface area contributed by atoms with E-state index in [0.29, 0.717) is 36.3 Å². The summed E-state index contributed by atoms with van der Waals surface area (Å²) in [5, 5.41) is 0.585. The van der Waals surface area contributed by atoms with E-state index in [-0.39, 0.29) is 18.3 Å². The van der Waals surface area contributed by atoms with Gasteiger partial charge >= 0.3 is 0 Å². The Labute approximate surface area is 190 Å². The first-order chi connectivity index (χ1) is 15.5. The number of hydrogen-bond acceptors (Lipinski definition) is 4. The normalized spacial score (nSPS) is 16.5. The fourth-order valence-electron chi connectivity index (χ4n) is 4.67. The Bertz CT molecular complexity index is 1180. The van der Waals surface area contributed by atoms with Crippen molar-refractivity contribution in [3.05, 3.63) is 58.6 Å². The number of nitrogens with zero attached hydrogens (tertiary/aromatic N) is 3. The van der Waals surface area contributed by atoms with E-state index in [1.54, 1.807) is 17.0 Å². The molecule has 1 amide bonds. The van der Waals surface area contributed by atoms with Crippen LogP contribution in [0.4, 0.5) is 10.1 Å². The number of halogens is 2. The summed E-state index contributed by atoms with van der Waals surface area (Å²) >= 11 is 6.20. The zero-order valence-corrected chi connectivity index (χ0v) is 18.9. The number of benzene rings is 2. The molecule has 1 aliphatic heterocycles. The molecule has 5 rings (SSSR count). The maximum atomic E-state index is 14.1. The van der Waals surface area contributed by atoms with Gasteiger partial charge in [-0.25, -0.2) is 9.37 Å². The molecule has 1 aliphatic carbocycles. The molecule has 0 N–H and O–H groups in total. The molecular weight excluding hydrogens is 433 g/mol. The van der Waals surface area contributed by atoms with Gasteiger partial charge in [0.05, 0.1) is 35.2 Å². The number of carbonyl (C=O) groups is 1. The van der Waals surface area contributed by atoms with Crippen LogP contribution in [0.25, 0.3) is 11.0 Å². The molecule has 32 heavy (non-hydrogen) atoms. The predicted molar refractivity (Wildman–Crippen MR) is 120 cm³/mol. The van der Waals surface area contributed by atoms with Crippen molar-refractivity contribution in [1.29, 1.82) is 0 Å². The molecule has 0 atom stereocenters. The van der Waals surface area contributed by atoms with Crippen molar-refractivity contribution in [2.45, 2.75) is 51.5 Å². The quantitative estimate of drug-likeness (QED) is 0.456. The average Bonchev–Trinajstić information content (AvgIpc) is 3.46. The minimum absolute atomic E-state index is 0.0147. The topological polar surface area (TPSA) is 56.6 Å². The van der Waals surface area contributed by atoms with Crippen molar-refractivity contribution in [2.24, 2.45) is 0 Å². The Morgan fingerprint density at radius 1 is 1.16 bits per heavy atom. The highest BCUT2D eigenvalue weighted by Crippen LogP contribution is 2.57. The highest BCUT2D eigenvalue weighted by Gasteiger charge is 2.59. The Hall–Kier alpha value is -2.48. The van der Waals surface area contributed by atoms with Crippen LogP contribution in [0.2, 0.25) is 5.02 Å². The summed E-state index contributed by atoms with van der Waals surface area (Å²) in [4.78, 5) is 19.8. The van der Waals surface area contributed by atoms with Crippen LogP contribution in [0.5, 0.6) is 0 Å². The summed E-state index contributed by atoms with van der Waals surface area (Å²) in [5.74, 6) is 0.334. The van der Waals surface area contributed by atoms with Crippen LogP contribution in [-0.4, -0.2) is 35.0 Å². The molecule has 1 spiro atoms. The van der Waals surface area contributed by atoms with Gasteiger partial charge in [-0.2, -0.15) is 0 Å². The molecular formula is C24H25ClFN3O3. The molecule has 6 nitrogen and oxygen atoms in total. The molecule has 168 valence electrons. The zero-order chi connectivity index (χ0) is 22.5. The fourth-order valence-corrected chi connectivity index (χ4v) is 4.84. The third kappa shape index (κ3) is 3.49. The molecule has 3 aromatic rings. The number of amides is 1. The zero-order valence-electron chi connectivity index (χ0n) is 18.1.